The van der Waals surface area contributed by atoms with Crippen LogP contribution in [0, 0.1) is 5.82 Å². The highest BCUT2D eigenvalue weighted by atomic mass is 35.5. The Kier molecular flexibility index (Phi) is 8.55. The van der Waals surface area contributed by atoms with Crippen molar-refractivity contribution in [2.45, 2.75) is 26.2 Å². The summed E-state index contributed by atoms with van der Waals surface area (Å²) in [7, 11) is 0. The minimum absolute atomic E-state index is 0.125. The molecule has 4 nitrogen and oxygen atoms in total. The smallest absolute Gasteiger partial charge is 0.180 e. The fourth-order valence-electron chi connectivity index (χ4n) is 3.06. The maximum Gasteiger partial charge on any atom is 0.180 e. The van der Waals surface area contributed by atoms with Crippen molar-refractivity contribution in [3.05, 3.63) is 93.2 Å². The van der Waals surface area contributed by atoms with Crippen LogP contribution in [0.4, 0.5) is 4.39 Å². The monoisotopic (exact) mass is 463 g/mol. The first-order valence-corrected chi connectivity index (χ1v) is 10.7. The third kappa shape index (κ3) is 6.58. The summed E-state index contributed by atoms with van der Waals surface area (Å²) in [6.07, 6.45) is -0.605. The van der Waals surface area contributed by atoms with Gasteiger partial charge in [-0.1, -0.05) is 59.6 Å². The molecule has 0 bridgehead atoms. The number of hydrogen-bond acceptors (Lipinski definition) is 4. The minimum Gasteiger partial charge on any atom is -0.490 e. The quantitative estimate of drug-likeness (QED) is 0.390. The normalized spacial score (nSPS) is 11.9. The van der Waals surface area contributed by atoms with Crippen LogP contribution in [0.2, 0.25) is 10.0 Å². The maximum atomic E-state index is 13.2. The van der Waals surface area contributed by atoms with E-state index in [1.54, 1.807) is 12.1 Å². The first-order chi connectivity index (χ1) is 15.0. The zero-order valence-electron chi connectivity index (χ0n) is 17.1. The van der Waals surface area contributed by atoms with E-state index < -0.39 is 11.9 Å². The third-order valence-corrected chi connectivity index (χ3v) is 5.24. The van der Waals surface area contributed by atoms with Gasteiger partial charge in [-0.15, -0.1) is 0 Å². The largest absolute Gasteiger partial charge is 0.490 e. The molecule has 0 heterocycles. The lowest BCUT2D eigenvalue weighted by molar-refractivity contribution is 0.174. The van der Waals surface area contributed by atoms with E-state index in [1.807, 2.05) is 43.3 Å². The summed E-state index contributed by atoms with van der Waals surface area (Å²) >= 11 is 12.5. The van der Waals surface area contributed by atoms with Gasteiger partial charge >= 0.3 is 0 Å². The van der Waals surface area contributed by atoms with Gasteiger partial charge in [0.05, 0.1) is 22.8 Å². The molecule has 0 spiro atoms. The molecule has 7 heteroatoms. The van der Waals surface area contributed by atoms with E-state index in [0.717, 1.165) is 11.1 Å². The molecule has 0 saturated heterocycles. The molecule has 3 rings (SSSR count). The summed E-state index contributed by atoms with van der Waals surface area (Å²) in [5.74, 6) is 0.502. The van der Waals surface area contributed by atoms with Crippen LogP contribution in [0.5, 0.6) is 11.5 Å². The molecule has 3 aromatic rings. The summed E-state index contributed by atoms with van der Waals surface area (Å²) in [5.41, 5.74) is 2.38. The topological polar surface area (TPSA) is 50.7 Å². The van der Waals surface area contributed by atoms with Crippen LogP contribution in [-0.4, -0.2) is 18.3 Å². The zero-order valence-corrected chi connectivity index (χ0v) is 18.6. The van der Waals surface area contributed by atoms with Crippen LogP contribution in [-0.2, 0) is 13.2 Å². The summed E-state index contributed by atoms with van der Waals surface area (Å²) in [6, 6.07) is 17.2. The van der Waals surface area contributed by atoms with Gasteiger partial charge in [-0.25, -0.2) is 4.39 Å². The van der Waals surface area contributed by atoms with Gasteiger partial charge in [0.15, 0.2) is 11.5 Å². The van der Waals surface area contributed by atoms with E-state index in [1.165, 1.54) is 12.1 Å². The second kappa shape index (κ2) is 11.3. The van der Waals surface area contributed by atoms with Crippen molar-refractivity contribution in [3.63, 3.8) is 0 Å². The molecule has 1 atom stereocenters. The summed E-state index contributed by atoms with van der Waals surface area (Å²) < 4.78 is 24.8. The lowest BCUT2D eigenvalue weighted by Crippen LogP contribution is -2.21. The molecule has 0 amide bonds. The molecule has 31 heavy (non-hydrogen) atoms. The van der Waals surface area contributed by atoms with Crippen molar-refractivity contribution in [1.82, 2.24) is 5.32 Å². The lowest BCUT2D eigenvalue weighted by Gasteiger charge is -2.17. The molecule has 2 N–H and O–H groups in total. The molecule has 0 saturated carbocycles. The van der Waals surface area contributed by atoms with Crippen molar-refractivity contribution < 1.29 is 19.0 Å². The van der Waals surface area contributed by atoms with E-state index in [9.17, 15) is 9.50 Å². The van der Waals surface area contributed by atoms with Gasteiger partial charge in [-0.05, 0) is 42.3 Å². The lowest BCUT2D eigenvalue weighted by atomic mass is 10.1. The van der Waals surface area contributed by atoms with Gasteiger partial charge in [0.2, 0.25) is 0 Å². The van der Waals surface area contributed by atoms with E-state index >= 15 is 0 Å². The molecule has 0 radical (unpaired) electrons. The molecular formula is C24H24Cl2FNO3. The second-order valence-electron chi connectivity index (χ2n) is 6.92. The molecule has 0 aliphatic rings. The van der Waals surface area contributed by atoms with Gasteiger partial charge in [0, 0.05) is 18.7 Å². The standard InChI is InChI=1S/C24H24Cl2FNO3/c1-2-30-23-11-16(13-28-14-22(29)17-6-4-3-5-7-17)10-21(26)24(23)31-15-18-8-9-19(27)12-20(18)25/h3-12,22,28-29H,2,13-15H2,1H3/t22-/m1/s1. The Morgan fingerprint density at radius 3 is 2.48 bits per heavy atom. The summed E-state index contributed by atoms with van der Waals surface area (Å²) in [5, 5.41) is 14.2. The van der Waals surface area contributed by atoms with Crippen molar-refractivity contribution in [2.75, 3.05) is 13.2 Å². The first-order valence-electron chi connectivity index (χ1n) is 9.93. The van der Waals surface area contributed by atoms with Gasteiger partial charge in [-0.3, -0.25) is 0 Å². The summed E-state index contributed by atoms with van der Waals surface area (Å²) in [4.78, 5) is 0. The van der Waals surface area contributed by atoms with Gasteiger partial charge in [0.25, 0.3) is 0 Å². The first kappa shape index (κ1) is 23.4. The molecule has 0 aliphatic heterocycles. The van der Waals surface area contributed by atoms with Gasteiger partial charge < -0.3 is 19.9 Å². The molecule has 164 valence electrons. The van der Waals surface area contributed by atoms with Crippen molar-refractivity contribution in [3.8, 4) is 11.5 Å². The fraction of sp³-hybridized carbons (Fsp3) is 0.250. The minimum atomic E-state index is -0.605. The van der Waals surface area contributed by atoms with Gasteiger partial charge in [0.1, 0.15) is 12.4 Å². The number of rotatable bonds is 10. The number of hydrogen-bond donors (Lipinski definition) is 2. The predicted molar refractivity (Wildman–Crippen MR) is 121 cm³/mol. The Labute approximate surface area is 191 Å². The van der Waals surface area contributed by atoms with Crippen molar-refractivity contribution >= 4 is 23.2 Å². The highest BCUT2D eigenvalue weighted by Crippen LogP contribution is 2.37. The number of nitrogens with one attached hydrogen (secondary N) is 1. The van der Waals surface area contributed by atoms with Crippen LogP contribution in [0.15, 0.2) is 60.7 Å². The van der Waals surface area contributed by atoms with Crippen LogP contribution in [0.1, 0.15) is 29.7 Å². The Morgan fingerprint density at radius 2 is 1.77 bits per heavy atom. The second-order valence-corrected chi connectivity index (χ2v) is 7.73. The van der Waals surface area contributed by atoms with Crippen LogP contribution in [0.3, 0.4) is 0 Å². The Balaban J connectivity index is 1.66. The Bertz CT molecular complexity index is 1000. The van der Waals surface area contributed by atoms with Crippen LogP contribution in [0.25, 0.3) is 0 Å². The average molecular weight is 464 g/mol. The summed E-state index contributed by atoms with van der Waals surface area (Å²) in [6.45, 7) is 3.32. The average Bonchev–Trinajstić information content (AvgIpc) is 2.75. The number of aliphatic hydroxyl groups excluding tert-OH is 1. The fourth-order valence-corrected chi connectivity index (χ4v) is 3.57. The maximum absolute atomic E-state index is 13.2. The molecule has 0 unspecified atom stereocenters. The Morgan fingerprint density at radius 1 is 1.00 bits per heavy atom. The molecule has 3 aromatic carbocycles. The Hall–Kier alpha value is -2.31. The van der Waals surface area contributed by atoms with E-state index in [4.69, 9.17) is 32.7 Å². The van der Waals surface area contributed by atoms with E-state index in [2.05, 4.69) is 5.32 Å². The number of ether oxygens (including phenoxy) is 2. The zero-order chi connectivity index (χ0) is 22.2. The highest BCUT2D eigenvalue weighted by molar-refractivity contribution is 6.32. The predicted octanol–water partition coefficient (Wildman–Crippen LogP) is 5.93. The van der Waals surface area contributed by atoms with Crippen LogP contribution < -0.4 is 14.8 Å². The SMILES string of the molecule is CCOc1cc(CNC[C@@H](O)c2ccccc2)cc(Cl)c1OCc1ccc(F)cc1Cl. The highest BCUT2D eigenvalue weighted by Gasteiger charge is 2.14. The number of benzene rings is 3. The van der Waals surface area contributed by atoms with Crippen LogP contribution >= 0.6 is 23.2 Å². The number of halogens is 3. The van der Waals surface area contributed by atoms with Crippen molar-refractivity contribution in [2.24, 2.45) is 0 Å². The van der Waals surface area contributed by atoms with Crippen molar-refractivity contribution in [1.29, 1.82) is 0 Å². The molecular weight excluding hydrogens is 440 g/mol. The van der Waals surface area contributed by atoms with Gasteiger partial charge in [-0.2, -0.15) is 0 Å². The van der Waals surface area contributed by atoms with E-state index in [-0.39, 0.29) is 11.6 Å². The molecule has 0 aliphatic carbocycles. The molecule has 0 aromatic heterocycles. The third-order valence-electron chi connectivity index (χ3n) is 4.61. The molecule has 0 fully saturated rings. The number of aliphatic hydroxyl groups is 1. The van der Waals surface area contributed by atoms with E-state index in [0.29, 0.717) is 41.8 Å².